The molecule has 0 saturated heterocycles. The van der Waals surface area contributed by atoms with Gasteiger partial charge in [0.2, 0.25) is 0 Å². The molecule has 0 N–H and O–H groups in total. The molecule has 2 heteroatoms. The first-order chi connectivity index (χ1) is 6.67. The lowest BCUT2D eigenvalue weighted by molar-refractivity contribution is 0.549. The van der Waals surface area contributed by atoms with Gasteiger partial charge in [0.15, 0.2) is 0 Å². The first-order valence-electron chi connectivity index (χ1n) is 5.39. The molecule has 0 aliphatic rings. The summed E-state index contributed by atoms with van der Waals surface area (Å²) in [6, 6.07) is 4.55. The number of rotatable bonds is 5. The lowest BCUT2D eigenvalue weighted by Gasteiger charge is -2.15. The van der Waals surface area contributed by atoms with Crippen molar-refractivity contribution in [3.05, 3.63) is 21.9 Å². The third kappa shape index (κ3) is 3.39. The summed E-state index contributed by atoms with van der Waals surface area (Å²) in [7, 11) is 0. The highest BCUT2D eigenvalue weighted by Gasteiger charge is 2.13. The van der Waals surface area contributed by atoms with Gasteiger partial charge in [0, 0.05) is 14.6 Å². The fourth-order valence-corrected chi connectivity index (χ4v) is 2.86. The van der Waals surface area contributed by atoms with Crippen molar-refractivity contribution in [2.24, 2.45) is 5.92 Å². The molecule has 0 aliphatic carbocycles. The van der Waals surface area contributed by atoms with Gasteiger partial charge in [-0.25, -0.2) is 0 Å². The van der Waals surface area contributed by atoms with Crippen LogP contribution in [-0.2, 0) is 12.8 Å². The number of aryl methyl sites for hydroxylation is 1. The predicted octanol–water partition coefficient (Wildman–Crippen LogP) is 4.66. The molecule has 1 rings (SSSR count). The Balaban J connectivity index is 2.51. The van der Waals surface area contributed by atoms with Crippen LogP contribution in [0, 0.1) is 5.92 Å². The van der Waals surface area contributed by atoms with Crippen LogP contribution in [0.25, 0.3) is 0 Å². The van der Waals surface area contributed by atoms with Crippen LogP contribution >= 0.6 is 27.3 Å². The third-order valence-corrected chi connectivity index (χ3v) is 5.40. The van der Waals surface area contributed by atoms with E-state index < -0.39 is 0 Å². The molecule has 0 saturated carbocycles. The third-order valence-electron chi connectivity index (χ3n) is 2.60. The van der Waals surface area contributed by atoms with Crippen molar-refractivity contribution in [2.45, 2.75) is 44.9 Å². The minimum atomic E-state index is 0.662. The fraction of sp³-hybridized carbons (Fsp3) is 0.667. The summed E-state index contributed by atoms with van der Waals surface area (Å²) < 4.78 is 0. The number of alkyl halides is 1. The van der Waals surface area contributed by atoms with E-state index in [0.29, 0.717) is 4.83 Å². The first kappa shape index (κ1) is 12.3. The van der Waals surface area contributed by atoms with Crippen LogP contribution in [-0.4, -0.2) is 4.83 Å². The van der Waals surface area contributed by atoms with Gasteiger partial charge in [-0.05, 0) is 37.3 Å². The van der Waals surface area contributed by atoms with E-state index in [1.54, 1.807) is 0 Å². The van der Waals surface area contributed by atoms with E-state index in [2.05, 4.69) is 48.8 Å². The average Bonchev–Trinajstić information content (AvgIpc) is 2.64. The molecular weight excluding hydrogens is 256 g/mol. The van der Waals surface area contributed by atoms with Crippen molar-refractivity contribution >= 4 is 27.3 Å². The molecule has 0 spiro atoms. The van der Waals surface area contributed by atoms with E-state index in [0.717, 1.165) is 5.92 Å². The molecule has 0 amide bonds. The highest BCUT2D eigenvalue weighted by atomic mass is 79.9. The van der Waals surface area contributed by atoms with Crippen LogP contribution in [0.1, 0.15) is 36.9 Å². The van der Waals surface area contributed by atoms with Gasteiger partial charge in [-0.2, -0.15) is 0 Å². The molecular formula is C12H19BrS. The van der Waals surface area contributed by atoms with E-state index in [1.165, 1.54) is 29.0 Å². The zero-order chi connectivity index (χ0) is 10.6. The molecule has 0 nitrogen and oxygen atoms in total. The molecule has 0 fully saturated rings. The predicted molar refractivity (Wildman–Crippen MR) is 69.6 cm³/mol. The molecule has 1 aromatic rings. The van der Waals surface area contributed by atoms with Crippen LogP contribution in [0.4, 0.5) is 0 Å². The molecule has 14 heavy (non-hydrogen) atoms. The van der Waals surface area contributed by atoms with Crippen molar-refractivity contribution < 1.29 is 0 Å². The minimum absolute atomic E-state index is 0.662. The molecule has 0 aromatic carbocycles. The second kappa shape index (κ2) is 5.92. The second-order valence-electron chi connectivity index (χ2n) is 3.83. The molecule has 2 atom stereocenters. The Labute approximate surface area is 99.9 Å². The average molecular weight is 275 g/mol. The molecule has 1 aromatic heterocycles. The van der Waals surface area contributed by atoms with E-state index in [9.17, 15) is 0 Å². The topological polar surface area (TPSA) is 0 Å². The highest BCUT2D eigenvalue weighted by Crippen LogP contribution is 2.25. The van der Waals surface area contributed by atoms with Crippen molar-refractivity contribution in [3.8, 4) is 0 Å². The maximum Gasteiger partial charge on any atom is 0.0172 e. The Morgan fingerprint density at radius 2 is 1.93 bits per heavy atom. The van der Waals surface area contributed by atoms with E-state index in [-0.39, 0.29) is 0 Å². The van der Waals surface area contributed by atoms with Gasteiger partial charge in [0.1, 0.15) is 0 Å². The summed E-state index contributed by atoms with van der Waals surface area (Å²) in [5.74, 6) is 0.739. The number of hydrogen-bond donors (Lipinski definition) is 0. The molecule has 1 heterocycles. The van der Waals surface area contributed by atoms with Gasteiger partial charge >= 0.3 is 0 Å². The minimum Gasteiger partial charge on any atom is -0.145 e. The summed E-state index contributed by atoms with van der Waals surface area (Å²) in [5.41, 5.74) is 0. The lowest BCUT2D eigenvalue weighted by Crippen LogP contribution is -2.11. The Hall–Kier alpha value is 0.180. The van der Waals surface area contributed by atoms with E-state index in [1.807, 2.05) is 11.3 Å². The number of hydrogen-bond acceptors (Lipinski definition) is 1. The first-order valence-corrected chi connectivity index (χ1v) is 7.12. The lowest BCUT2D eigenvalue weighted by atomic mass is 10.0. The van der Waals surface area contributed by atoms with Gasteiger partial charge in [-0.3, -0.25) is 0 Å². The van der Waals surface area contributed by atoms with Gasteiger partial charge in [0.25, 0.3) is 0 Å². The molecule has 0 radical (unpaired) electrons. The molecule has 80 valence electrons. The van der Waals surface area contributed by atoms with Crippen molar-refractivity contribution in [1.82, 2.24) is 0 Å². The molecule has 0 bridgehead atoms. The Kier molecular flexibility index (Phi) is 5.18. The quantitative estimate of drug-likeness (QED) is 0.685. The van der Waals surface area contributed by atoms with E-state index in [4.69, 9.17) is 0 Å². The van der Waals surface area contributed by atoms with Crippen LogP contribution in [0.5, 0.6) is 0 Å². The SMILES string of the molecule is CCc1ccc(CC(C)C(Br)CC)s1. The van der Waals surface area contributed by atoms with Crippen LogP contribution in [0.2, 0.25) is 0 Å². The second-order valence-corrected chi connectivity index (χ2v) is 6.26. The largest absolute Gasteiger partial charge is 0.145 e. The van der Waals surface area contributed by atoms with Gasteiger partial charge in [0.05, 0.1) is 0 Å². The molecule has 2 unspecified atom stereocenters. The van der Waals surface area contributed by atoms with Gasteiger partial charge < -0.3 is 0 Å². The number of halogens is 1. The van der Waals surface area contributed by atoms with E-state index >= 15 is 0 Å². The maximum atomic E-state index is 3.73. The number of thiophene rings is 1. The molecule has 0 aliphatic heterocycles. The zero-order valence-electron chi connectivity index (χ0n) is 9.22. The zero-order valence-corrected chi connectivity index (χ0v) is 11.6. The maximum absolute atomic E-state index is 3.73. The summed E-state index contributed by atoms with van der Waals surface area (Å²) in [5, 5.41) is 0. The smallest absolute Gasteiger partial charge is 0.0172 e. The summed E-state index contributed by atoms with van der Waals surface area (Å²) in [6.07, 6.45) is 3.60. The standard InChI is InChI=1S/C12H19BrS/c1-4-10-6-7-11(14-10)8-9(3)12(13)5-2/h6-7,9,12H,4-5,8H2,1-3H3. The van der Waals surface area contributed by atoms with Crippen LogP contribution in [0.3, 0.4) is 0 Å². The van der Waals surface area contributed by atoms with Crippen molar-refractivity contribution in [1.29, 1.82) is 0 Å². The van der Waals surface area contributed by atoms with Crippen LogP contribution < -0.4 is 0 Å². The Bertz CT molecular complexity index is 267. The summed E-state index contributed by atoms with van der Waals surface area (Å²) in [4.78, 5) is 3.71. The van der Waals surface area contributed by atoms with Crippen molar-refractivity contribution in [2.75, 3.05) is 0 Å². The summed E-state index contributed by atoms with van der Waals surface area (Å²) in [6.45, 7) is 6.79. The van der Waals surface area contributed by atoms with Gasteiger partial charge in [-0.15, -0.1) is 11.3 Å². The van der Waals surface area contributed by atoms with Gasteiger partial charge in [-0.1, -0.05) is 36.7 Å². The normalized spacial score (nSPS) is 15.4. The fourth-order valence-electron chi connectivity index (χ4n) is 1.57. The summed E-state index contributed by atoms with van der Waals surface area (Å²) >= 11 is 5.70. The Morgan fingerprint density at radius 1 is 1.29 bits per heavy atom. The van der Waals surface area contributed by atoms with Crippen LogP contribution in [0.15, 0.2) is 12.1 Å². The Morgan fingerprint density at radius 3 is 2.43 bits per heavy atom. The highest BCUT2D eigenvalue weighted by molar-refractivity contribution is 9.09. The monoisotopic (exact) mass is 274 g/mol. The van der Waals surface area contributed by atoms with Crippen molar-refractivity contribution in [3.63, 3.8) is 0 Å².